The summed E-state index contributed by atoms with van der Waals surface area (Å²) >= 11 is 0. The number of carbonyl (C=O) groups is 2. The number of nitrogens with zero attached hydrogens (tertiary/aromatic N) is 3. The second-order valence-electron chi connectivity index (χ2n) is 7.04. The number of hydrogen-bond acceptors (Lipinski definition) is 6. The van der Waals surface area contributed by atoms with Crippen LogP contribution in [0.4, 0.5) is 5.69 Å². The van der Waals surface area contributed by atoms with Crippen LogP contribution in [-0.4, -0.2) is 42.3 Å². The highest BCUT2D eigenvalue weighted by Gasteiger charge is 2.27. The highest BCUT2D eigenvalue weighted by molar-refractivity contribution is 7.89. The standard InChI is InChI=1S/C23H23N5O4S/c1-18(29)26-21-7-9-22(10-8-21)33(31,32)28(16-20-5-3-2-4-6-20)17-23(30)27-25-15-19-11-13-24-14-12-19/h2-15H,16-17H2,1H3,(H,26,29)(H,27,30)/b25-15-. The molecule has 3 aromatic rings. The lowest BCUT2D eigenvalue weighted by atomic mass is 10.2. The topological polar surface area (TPSA) is 121 Å². The fourth-order valence-electron chi connectivity index (χ4n) is 2.90. The van der Waals surface area contributed by atoms with E-state index >= 15 is 0 Å². The number of rotatable bonds is 9. The van der Waals surface area contributed by atoms with Crippen molar-refractivity contribution in [2.24, 2.45) is 5.10 Å². The van der Waals surface area contributed by atoms with Crippen LogP contribution in [0.2, 0.25) is 0 Å². The fraction of sp³-hybridized carbons (Fsp3) is 0.130. The van der Waals surface area contributed by atoms with Crippen molar-refractivity contribution in [2.45, 2.75) is 18.4 Å². The van der Waals surface area contributed by atoms with Gasteiger partial charge < -0.3 is 5.32 Å². The largest absolute Gasteiger partial charge is 0.326 e. The summed E-state index contributed by atoms with van der Waals surface area (Å²) in [4.78, 5) is 27.6. The second kappa shape index (κ2) is 11.1. The van der Waals surface area contributed by atoms with Gasteiger partial charge in [-0.25, -0.2) is 13.8 Å². The van der Waals surface area contributed by atoms with E-state index in [1.54, 1.807) is 48.8 Å². The van der Waals surface area contributed by atoms with Gasteiger partial charge in [-0.05, 0) is 47.5 Å². The first-order valence-electron chi connectivity index (χ1n) is 9.98. The Balaban J connectivity index is 1.78. The zero-order valence-corrected chi connectivity index (χ0v) is 18.7. The Labute approximate surface area is 192 Å². The van der Waals surface area contributed by atoms with Gasteiger partial charge in [-0.2, -0.15) is 9.41 Å². The third-order valence-electron chi connectivity index (χ3n) is 4.44. The Morgan fingerprint density at radius 1 is 1.00 bits per heavy atom. The van der Waals surface area contributed by atoms with Gasteiger partial charge in [0.2, 0.25) is 15.9 Å². The smallest absolute Gasteiger partial charge is 0.255 e. The van der Waals surface area contributed by atoms with E-state index in [0.29, 0.717) is 5.69 Å². The van der Waals surface area contributed by atoms with E-state index in [4.69, 9.17) is 0 Å². The summed E-state index contributed by atoms with van der Waals surface area (Å²) in [6, 6.07) is 18.2. The molecule has 0 aliphatic carbocycles. The lowest BCUT2D eigenvalue weighted by molar-refractivity contribution is -0.121. The van der Waals surface area contributed by atoms with Crippen molar-refractivity contribution >= 4 is 33.7 Å². The average Bonchev–Trinajstić information content (AvgIpc) is 2.80. The van der Waals surface area contributed by atoms with Crippen molar-refractivity contribution in [1.82, 2.24) is 14.7 Å². The molecule has 1 heterocycles. The van der Waals surface area contributed by atoms with Crippen LogP contribution in [0.15, 0.2) is 89.1 Å². The fourth-order valence-corrected chi connectivity index (χ4v) is 4.28. The monoisotopic (exact) mass is 465 g/mol. The molecule has 33 heavy (non-hydrogen) atoms. The van der Waals surface area contributed by atoms with Crippen LogP contribution in [0.1, 0.15) is 18.1 Å². The molecule has 0 radical (unpaired) electrons. The summed E-state index contributed by atoms with van der Waals surface area (Å²) in [5.74, 6) is -0.852. The first-order chi connectivity index (χ1) is 15.8. The van der Waals surface area contributed by atoms with Gasteiger partial charge in [-0.1, -0.05) is 30.3 Å². The van der Waals surface area contributed by atoms with E-state index < -0.39 is 22.5 Å². The van der Waals surface area contributed by atoms with Crippen molar-refractivity contribution in [3.63, 3.8) is 0 Å². The molecule has 0 aliphatic heterocycles. The van der Waals surface area contributed by atoms with E-state index in [-0.39, 0.29) is 17.3 Å². The predicted molar refractivity (Wildman–Crippen MR) is 125 cm³/mol. The maximum Gasteiger partial charge on any atom is 0.255 e. The van der Waals surface area contributed by atoms with Crippen LogP contribution < -0.4 is 10.7 Å². The van der Waals surface area contributed by atoms with Gasteiger partial charge in [0.05, 0.1) is 17.7 Å². The van der Waals surface area contributed by atoms with Crippen LogP contribution in [-0.2, 0) is 26.2 Å². The van der Waals surface area contributed by atoms with Crippen LogP contribution in [0.5, 0.6) is 0 Å². The molecule has 0 spiro atoms. The van der Waals surface area contributed by atoms with Crippen molar-refractivity contribution in [1.29, 1.82) is 0 Å². The minimum atomic E-state index is -4.02. The van der Waals surface area contributed by atoms with Gasteiger partial charge in [0.15, 0.2) is 0 Å². The van der Waals surface area contributed by atoms with Crippen molar-refractivity contribution in [3.05, 3.63) is 90.3 Å². The Hall–Kier alpha value is -3.89. The van der Waals surface area contributed by atoms with Crippen LogP contribution in [0.25, 0.3) is 0 Å². The Morgan fingerprint density at radius 2 is 1.67 bits per heavy atom. The molecule has 0 fully saturated rings. The summed E-state index contributed by atoms with van der Waals surface area (Å²) in [6.07, 6.45) is 4.62. The molecule has 3 rings (SSSR count). The highest BCUT2D eigenvalue weighted by atomic mass is 32.2. The van der Waals surface area contributed by atoms with Gasteiger partial charge >= 0.3 is 0 Å². The van der Waals surface area contributed by atoms with Gasteiger partial charge in [0.1, 0.15) is 0 Å². The maximum absolute atomic E-state index is 13.3. The maximum atomic E-state index is 13.3. The summed E-state index contributed by atoms with van der Waals surface area (Å²) in [7, 11) is -4.02. The van der Waals surface area contributed by atoms with E-state index in [1.807, 2.05) is 6.07 Å². The van der Waals surface area contributed by atoms with Crippen LogP contribution in [0, 0.1) is 0 Å². The minimum absolute atomic E-state index is 0.000574. The number of nitrogens with one attached hydrogen (secondary N) is 2. The molecule has 0 saturated carbocycles. The van der Waals surface area contributed by atoms with E-state index in [9.17, 15) is 18.0 Å². The average molecular weight is 466 g/mol. The van der Waals surface area contributed by atoms with E-state index in [1.165, 1.54) is 37.4 Å². The third kappa shape index (κ3) is 7.06. The summed E-state index contributed by atoms with van der Waals surface area (Å²) in [6.45, 7) is 0.929. The first-order valence-corrected chi connectivity index (χ1v) is 11.4. The molecule has 2 amide bonds. The quantitative estimate of drug-likeness (QED) is 0.371. The molecule has 2 aromatic carbocycles. The molecule has 0 bridgehead atoms. The van der Waals surface area contributed by atoms with E-state index in [2.05, 4.69) is 20.8 Å². The normalized spacial score (nSPS) is 11.5. The third-order valence-corrected chi connectivity index (χ3v) is 6.25. The Kier molecular flexibility index (Phi) is 8.01. The van der Waals surface area contributed by atoms with E-state index in [0.717, 1.165) is 15.4 Å². The number of benzene rings is 2. The number of hydrogen-bond donors (Lipinski definition) is 2. The highest BCUT2D eigenvalue weighted by Crippen LogP contribution is 2.20. The number of hydrazone groups is 1. The Bertz CT molecular complexity index is 1210. The number of amides is 2. The molecule has 0 saturated heterocycles. The summed E-state index contributed by atoms with van der Waals surface area (Å²) in [5.41, 5.74) is 4.29. The van der Waals surface area contributed by atoms with Gasteiger partial charge in [0, 0.05) is 31.5 Å². The molecular weight excluding hydrogens is 442 g/mol. The van der Waals surface area contributed by atoms with Crippen molar-refractivity contribution < 1.29 is 18.0 Å². The number of pyridine rings is 1. The zero-order chi connectivity index (χ0) is 23.7. The first kappa shape index (κ1) is 23.8. The molecule has 1 aromatic heterocycles. The molecule has 0 aliphatic rings. The van der Waals surface area contributed by atoms with Crippen LogP contribution in [0.3, 0.4) is 0 Å². The van der Waals surface area contributed by atoms with Crippen molar-refractivity contribution in [3.8, 4) is 0 Å². The zero-order valence-electron chi connectivity index (χ0n) is 17.9. The van der Waals surface area contributed by atoms with Gasteiger partial charge in [-0.3, -0.25) is 14.6 Å². The molecule has 0 unspecified atom stereocenters. The molecule has 10 heteroatoms. The number of anilines is 1. The van der Waals surface area contributed by atoms with Crippen molar-refractivity contribution in [2.75, 3.05) is 11.9 Å². The summed E-state index contributed by atoms with van der Waals surface area (Å²) < 4.78 is 27.7. The lowest BCUT2D eigenvalue weighted by Crippen LogP contribution is -2.39. The summed E-state index contributed by atoms with van der Waals surface area (Å²) in [5, 5.41) is 6.47. The second-order valence-corrected chi connectivity index (χ2v) is 8.98. The molecule has 2 N–H and O–H groups in total. The number of sulfonamides is 1. The predicted octanol–water partition coefficient (Wildman–Crippen LogP) is 2.38. The lowest BCUT2D eigenvalue weighted by Gasteiger charge is -2.21. The molecule has 9 nitrogen and oxygen atoms in total. The SMILES string of the molecule is CC(=O)Nc1ccc(S(=O)(=O)N(CC(=O)N/N=C\c2ccncc2)Cc2ccccc2)cc1. The molecular formula is C23H23N5O4S. The Morgan fingerprint density at radius 3 is 2.30 bits per heavy atom. The van der Waals surface area contributed by atoms with Gasteiger partial charge in [0.25, 0.3) is 5.91 Å². The number of carbonyl (C=O) groups excluding carboxylic acids is 2. The molecule has 170 valence electrons. The molecule has 0 atom stereocenters. The van der Waals surface area contributed by atoms with Crippen LogP contribution >= 0.6 is 0 Å². The minimum Gasteiger partial charge on any atom is -0.326 e. The number of aromatic nitrogens is 1. The van der Waals surface area contributed by atoms with Gasteiger partial charge in [-0.15, -0.1) is 0 Å².